The zero-order chi connectivity index (χ0) is 47.7. The van der Waals surface area contributed by atoms with Crippen molar-refractivity contribution < 1.29 is 23.8 Å². The first kappa shape index (κ1) is 63.1. The molecule has 0 N–H and O–H groups in total. The van der Waals surface area contributed by atoms with E-state index in [0.717, 1.165) is 89.9 Å². The number of hydrogen-bond acceptors (Lipinski definition) is 5. The molecule has 0 aromatic rings. The molecule has 66 heavy (non-hydrogen) atoms. The van der Waals surface area contributed by atoms with E-state index in [4.69, 9.17) is 14.2 Å². The van der Waals surface area contributed by atoms with Gasteiger partial charge in [-0.1, -0.05) is 221 Å². The third-order valence-corrected chi connectivity index (χ3v) is 11.9. The Morgan fingerprint density at radius 2 is 0.682 bits per heavy atom. The second-order valence-electron chi connectivity index (χ2n) is 18.4. The summed E-state index contributed by atoms with van der Waals surface area (Å²) in [4.78, 5) is 25.5. The number of carbonyl (C=O) groups is 2. The van der Waals surface area contributed by atoms with Crippen molar-refractivity contribution >= 4 is 11.9 Å². The fourth-order valence-corrected chi connectivity index (χ4v) is 7.70. The SMILES string of the molecule is CC/C=C\C/C=C\C/C=C\CCCCCC(=O)OC(COCCCCCCCCCCCC/C=C\C/C=C\CCCCC)COC(=O)CCCCCCCCC/C=C\C/C=C\CCCCC. The Morgan fingerprint density at radius 3 is 1.11 bits per heavy atom. The molecular formula is C61H106O5. The second kappa shape index (κ2) is 56.4. The Bertz CT molecular complexity index is 1220. The molecule has 1 unspecified atom stereocenters. The van der Waals surface area contributed by atoms with Gasteiger partial charge in [0.2, 0.25) is 0 Å². The molecule has 0 rings (SSSR count). The van der Waals surface area contributed by atoms with Crippen molar-refractivity contribution in [2.24, 2.45) is 0 Å². The van der Waals surface area contributed by atoms with Crippen LogP contribution in [0.3, 0.4) is 0 Å². The van der Waals surface area contributed by atoms with E-state index in [1.807, 2.05) is 0 Å². The highest BCUT2D eigenvalue weighted by atomic mass is 16.6. The number of rotatable bonds is 51. The van der Waals surface area contributed by atoms with E-state index in [-0.39, 0.29) is 25.2 Å². The third kappa shape index (κ3) is 53.7. The first-order chi connectivity index (χ1) is 32.6. The van der Waals surface area contributed by atoms with Gasteiger partial charge in [-0.25, -0.2) is 0 Å². The van der Waals surface area contributed by atoms with E-state index in [2.05, 4.69) is 106 Å². The van der Waals surface area contributed by atoms with Crippen LogP contribution in [0.2, 0.25) is 0 Å². The van der Waals surface area contributed by atoms with Gasteiger partial charge in [-0.3, -0.25) is 9.59 Å². The maximum atomic E-state index is 12.8. The minimum Gasteiger partial charge on any atom is -0.462 e. The van der Waals surface area contributed by atoms with E-state index in [1.54, 1.807) is 0 Å². The first-order valence-corrected chi connectivity index (χ1v) is 28.1. The number of carbonyl (C=O) groups excluding carboxylic acids is 2. The summed E-state index contributed by atoms with van der Waals surface area (Å²) in [5, 5.41) is 0. The molecular weight excluding hydrogens is 813 g/mol. The number of allylic oxidation sites excluding steroid dienone is 14. The highest BCUT2D eigenvalue weighted by Crippen LogP contribution is 2.14. The zero-order valence-corrected chi connectivity index (χ0v) is 43.7. The summed E-state index contributed by atoms with van der Waals surface area (Å²) < 4.78 is 17.4. The predicted molar refractivity (Wildman–Crippen MR) is 288 cm³/mol. The Hall–Kier alpha value is -2.92. The average Bonchev–Trinajstić information content (AvgIpc) is 3.32. The summed E-state index contributed by atoms with van der Waals surface area (Å²) in [7, 11) is 0. The van der Waals surface area contributed by atoms with Crippen molar-refractivity contribution in [2.75, 3.05) is 19.8 Å². The summed E-state index contributed by atoms with van der Waals surface area (Å²) in [5.74, 6) is -0.438. The molecule has 0 aliphatic rings. The Kier molecular flexibility index (Phi) is 53.9. The summed E-state index contributed by atoms with van der Waals surface area (Å²) in [5.41, 5.74) is 0. The predicted octanol–water partition coefficient (Wildman–Crippen LogP) is 19.2. The zero-order valence-electron chi connectivity index (χ0n) is 43.7. The van der Waals surface area contributed by atoms with Crippen LogP contribution in [0.1, 0.15) is 265 Å². The monoisotopic (exact) mass is 919 g/mol. The number of esters is 2. The van der Waals surface area contributed by atoms with E-state index in [9.17, 15) is 9.59 Å². The molecule has 380 valence electrons. The van der Waals surface area contributed by atoms with Crippen LogP contribution in [-0.2, 0) is 23.8 Å². The van der Waals surface area contributed by atoms with Gasteiger partial charge in [0.25, 0.3) is 0 Å². The maximum Gasteiger partial charge on any atom is 0.306 e. The lowest BCUT2D eigenvalue weighted by Crippen LogP contribution is -2.30. The van der Waals surface area contributed by atoms with Crippen molar-refractivity contribution in [2.45, 2.75) is 271 Å². The van der Waals surface area contributed by atoms with Crippen LogP contribution in [0.4, 0.5) is 0 Å². The molecule has 0 aromatic heterocycles. The molecule has 0 fully saturated rings. The number of hydrogen-bond donors (Lipinski definition) is 0. The van der Waals surface area contributed by atoms with Gasteiger partial charge in [0.1, 0.15) is 6.61 Å². The van der Waals surface area contributed by atoms with E-state index in [0.29, 0.717) is 19.4 Å². The van der Waals surface area contributed by atoms with Gasteiger partial charge in [0.05, 0.1) is 6.61 Å². The number of unbranched alkanes of at least 4 members (excludes halogenated alkanes) is 26. The van der Waals surface area contributed by atoms with Gasteiger partial charge in [-0.15, -0.1) is 0 Å². The van der Waals surface area contributed by atoms with Crippen LogP contribution in [0.25, 0.3) is 0 Å². The molecule has 5 heteroatoms. The summed E-state index contributed by atoms with van der Waals surface area (Å²) >= 11 is 0. The lowest BCUT2D eigenvalue weighted by molar-refractivity contribution is -0.163. The molecule has 0 amide bonds. The highest BCUT2D eigenvalue weighted by molar-refractivity contribution is 5.70. The first-order valence-electron chi connectivity index (χ1n) is 28.1. The highest BCUT2D eigenvalue weighted by Gasteiger charge is 2.17. The average molecular weight is 920 g/mol. The molecule has 0 aliphatic heterocycles. The molecule has 0 saturated heterocycles. The Labute approximate surface area is 409 Å². The van der Waals surface area contributed by atoms with Crippen LogP contribution >= 0.6 is 0 Å². The third-order valence-electron chi connectivity index (χ3n) is 11.9. The molecule has 0 heterocycles. The lowest BCUT2D eigenvalue weighted by atomic mass is 10.1. The fourth-order valence-electron chi connectivity index (χ4n) is 7.70. The Morgan fingerprint density at radius 1 is 0.348 bits per heavy atom. The maximum absolute atomic E-state index is 12.8. The van der Waals surface area contributed by atoms with Gasteiger partial charge in [-0.05, 0) is 116 Å². The largest absolute Gasteiger partial charge is 0.462 e. The van der Waals surface area contributed by atoms with Gasteiger partial charge >= 0.3 is 11.9 Å². The van der Waals surface area contributed by atoms with Crippen molar-refractivity contribution in [3.8, 4) is 0 Å². The molecule has 0 aliphatic carbocycles. The van der Waals surface area contributed by atoms with E-state index >= 15 is 0 Å². The summed E-state index contributed by atoms with van der Waals surface area (Å²) in [6.07, 6.45) is 74.6. The van der Waals surface area contributed by atoms with Crippen LogP contribution in [-0.4, -0.2) is 37.9 Å². The standard InChI is InChI=1S/C61H106O5/c1-4-7-10-13-16-19-22-25-27-29-30-31-33-35-38-41-44-47-50-53-56-64-57-59(66-61(63)55-52-49-46-43-40-36-24-21-18-15-12-9-6-3)58-65-60(62)54-51-48-45-42-39-37-34-32-28-26-23-20-17-14-11-8-5-2/h9,12,16-21,25-28,36,40,59H,4-8,10-11,13-15,22-24,29-35,37-39,41-58H2,1-3H3/b12-9-,19-16-,20-17-,21-18-,27-25-,28-26-,40-36-. The van der Waals surface area contributed by atoms with Crippen molar-refractivity contribution in [3.63, 3.8) is 0 Å². The minimum absolute atomic E-state index is 0.0654. The number of ether oxygens (including phenoxy) is 3. The van der Waals surface area contributed by atoms with Gasteiger partial charge in [0, 0.05) is 19.4 Å². The van der Waals surface area contributed by atoms with Crippen LogP contribution < -0.4 is 0 Å². The van der Waals surface area contributed by atoms with E-state index in [1.165, 1.54) is 141 Å². The molecule has 1 atom stereocenters. The van der Waals surface area contributed by atoms with Crippen LogP contribution in [0.5, 0.6) is 0 Å². The summed E-state index contributed by atoms with van der Waals surface area (Å²) in [6, 6.07) is 0. The normalized spacial score (nSPS) is 12.8. The topological polar surface area (TPSA) is 61.8 Å². The van der Waals surface area contributed by atoms with Crippen LogP contribution in [0.15, 0.2) is 85.1 Å². The smallest absolute Gasteiger partial charge is 0.306 e. The second-order valence-corrected chi connectivity index (χ2v) is 18.4. The van der Waals surface area contributed by atoms with E-state index < -0.39 is 6.10 Å². The molecule has 0 radical (unpaired) electrons. The van der Waals surface area contributed by atoms with Gasteiger partial charge in [-0.2, -0.15) is 0 Å². The quantitative estimate of drug-likeness (QED) is 0.0346. The molecule has 5 nitrogen and oxygen atoms in total. The van der Waals surface area contributed by atoms with Gasteiger partial charge < -0.3 is 14.2 Å². The van der Waals surface area contributed by atoms with Crippen molar-refractivity contribution in [1.82, 2.24) is 0 Å². The van der Waals surface area contributed by atoms with Crippen molar-refractivity contribution in [3.05, 3.63) is 85.1 Å². The Balaban J connectivity index is 4.29. The molecule has 0 saturated carbocycles. The lowest BCUT2D eigenvalue weighted by Gasteiger charge is -2.18. The van der Waals surface area contributed by atoms with Gasteiger partial charge in [0.15, 0.2) is 6.10 Å². The molecule has 0 aromatic carbocycles. The fraction of sp³-hybridized carbons (Fsp3) is 0.738. The summed E-state index contributed by atoms with van der Waals surface area (Å²) in [6.45, 7) is 7.64. The van der Waals surface area contributed by atoms with Crippen molar-refractivity contribution in [1.29, 1.82) is 0 Å². The molecule has 0 spiro atoms. The van der Waals surface area contributed by atoms with Crippen LogP contribution in [0, 0.1) is 0 Å². The molecule has 0 bridgehead atoms. The minimum atomic E-state index is -0.560.